The van der Waals surface area contributed by atoms with Gasteiger partial charge in [0.1, 0.15) is 18.5 Å². The lowest BCUT2D eigenvalue weighted by atomic mass is 10.1. The zero-order valence-corrected chi connectivity index (χ0v) is 19.4. The third kappa shape index (κ3) is 5.13. The molecule has 32 heavy (non-hydrogen) atoms. The molecule has 3 aromatic rings. The number of sulfonamides is 1. The summed E-state index contributed by atoms with van der Waals surface area (Å²) in [6, 6.07) is 19.4. The lowest BCUT2D eigenvalue weighted by molar-refractivity contribution is 0.0569. The molecule has 1 aliphatic heterocycles. The fourth-order valence-corrected chi connectivity index (χ4v) is 5.81. The molecular formula is C25H30N2O4S. The standard InChI is InChI=1S/C25H30N2O4S/c1-19-7-10-25(20(2)15-19)32(29,30)27-13-11-26(12-14-27)17-23(28)18-31-24-9-8-21-5-3-4-6-22(21)16-24/h3-10,15-16,23,28H,11-14,17-18H2,1-2H3/t23-/m1/s1. The van der Waals surface area contributed by atoms with Crippen molar-refractivity contribution in [1.29, 1.82) is 0 Å². The first-order chi connectivity index (χ1) is 15.3. The number of benzene rings is 3. The van der Waals surface area contributed by atoms with Crippen molar-refractivity contribution in [1.82, 2.24) is 9.21 Å². The van der Waals surface area contributed by atoms with Gasteiger partial charge in [-0.2, -0.15) is 4.31 Å². The molecule has 1 atom stereocenters. The molecule has 6 nitrogen and oxygen atoms in total. The van der Waals surface area contributed by atoms with Gasteiger partial charge in [-0.1, -0.05) is 48.0 Å². The smallest absolute Gasteiger partial charge is 0.243 e. The summed E-state index contributed by atoms with van der Waals surface area (Å²) in [5.74, 6) is 0.729. The van der Waals surface area contributed by atoms with E-state index in [1.54, 1.807) is 10.4 Å². The van der Waals surface area contributed by atoms with E-state index in [1.807, 2.05) is 68.4 Å². The number of aryl methyl sites for hydroxylation is 2. The second-order valence-electron chi connectivity index (χ2n) is 8.45. The molecule has 1 heterocycles. The average Bonchev–Trinajstić information content (AvgIpc) is 2.77. The number of aliphatic hydroxyl groups excluding tert-OH is 1. The van der Waals surface area contributed by atoms with Crippen LogP contribution in [0.15, 0.2) is 65.6 Å². The highest BCUT2D eigenvalue weighted by Crippen LogP contribution is 2.23. The largest absolute Gasteiger partial charge is 0.491 e. The highest BCUT2D eigenvalue weighted by molar-refractivity contribution is 7.89. The fourth-order valence-electron chi connectivity index (χ4n) is 4.18. The van der Waals surface area contributed by atoms with Crippen molar-refractivity contribution >= 4 is 20.8 Å². The molecule has 4 rings (SSSR count). The normalized spacial score (nSPS) is 16.8. The number of β-amino-alcohol motifs (C(OH)–C–C–N with tert-alkyl or cyclic N) is 1. The number of fused-ring (bicyclic) bond motifs is 1. The van der Waals surface area contributed by atoms with Crippen LogP contribution in [0.1, 0.15) is 11.1 Å². The topological polar surface area (TPSA) is 70.1 Å². The van der Waals surface area contributed by atoms with E-state index in [1.165, 1.54) is 0 Å². The van der Waals surface area contributed by atoms with Crippen LogP contribution in [-0.4, -0.2) is 68.2 Å². The summed E-state index contributed by atoms with van der Waals surface area (Å²) in [5, 5.41) is 12.7. The number of ether oxygens (including phenoxy) is 1. The predicted molar refractivity (Wildman–Crippen MR) is 127 cm³/mol. The first-order valence-electron chi connectivity index (χ1n) is 10.9. The minimum Gasteiger partial charge on any atom is -0.491 e. The first kappa shape index (κ1) is 22.7. The van der Waals surface area contributed by atoms with E-state index in [4.69, 9.17) is 4.74 Å². The molecule has 0 saturated carbocycles. The van der Waals surface area contributed by atoms with Gasteiger partial charge < -0.3 is 9.84 Å². The fraction of sp³-hybridized carbons (Fsp3) is 0.360. The Kier molecular flexibility index (Phi) is 6.81. The summed E-state index contributed by atoms with van der Waals surface area (Å²) in [4.78, 5) is 2.46. The second kappa shape index (κ2) is 9.58. The zero-order chi connectivity index (χ0) is 22.7. The van der Waals surface area contributed by atoms with Gasteiger partial charge in [0.25, 0.3) is 0 Å². The van der Waals surface area contributed by atoms with E-state index in [0.717, 1.165) is 27.6 Å². The van der Waals surface area contributed by atoms with Crippen LogP contribution in [0.3, 0.4) is 0 Å². The number of rotatable bonds is 7. The third-order valence-electron chi connectivity index (χ3n) is 5.91. The average molecular weight is 455 g/mol. The van der Waals surface area contributed by atoms with Crippen LogP contribution in [0.4, 0.5) is 0 Å². The Balaban J connectivity index is 1.28. The Morgan fingerprint density at radius 2 is 1.66 bits per heavy atom. The van der Waals surface area contributed by atoms with Gasteiger partial charge in [-0.25, -0.2) is 8.42 Å². The molecule has 0 unspecified atom stereocenters. The molecular weight excluding hydrogens is 424 g/mol. The van der Waals surface area contributed by atoms with Gasteiger partial charge >= 0.3 is 0 Å². The molecule has 7 heteroatoms. The minimum atomic E-state index is -3.51. The van der Waals surface area contributed by atoms with E-state index >= 15 is 0 Å². The number of nitrogens with zero attached hydrogens (tertiary/aromatic N) is 2. The first-order valence-corrected chi connectivity index (χ1v) is 12.4. The van der Waals surface area contributed by atoms with Crippen molar-refractivity contribution < 1.29 is 18.3 Å². The van der Waals surface area contributed by atoms with Crippen LogP contribution in [0, 0.1) is 13.8 Å². The summed E-state index contributed by atoms with van der Waals surface area (Å²) < 4.78 is 33.4. The SMILES string of the molecule is Cc1ccc(S(=O)(=O)N2CCN(C[C@@H](O)COc3ccc4ccccc4c3)CC2)c(C)c1. The molecule has 0 spiro atoms. The van der Waals surface area contributed by atoms with E-state index in [2.05, 4.69) is 4.90 Å². The molecule has 1 aliphatic rings. The Morgan fingerprint density at radius 3 is 2.38 bits per heavy atom. The highest BCUT2D eigenvalue weighted by Gasteiger charge is 2.30. The Bertz CT molecular complexity index is 1190. The molecule has 3 aromatic carbocycles. The van der Waals surface area contributed by atoms with Crippen LogP contribution in [-0.2, 0) is 10.0 Å². The van der Waals surface area contributed by atoms with Crippen LogP contribution < -0.4 is 4.74 Å². The Morgan fingerprint density at radius 1 is 0.938 bits per heavy atom. The molecule has 0 bridgehead atoms. The summed E-state index contributed by atoms with van der Waals surface area (Å²) in [7, 11) is -3.51. The van der Waals surface area contributed by atoms with Crippen LogP contribution in [0.5, 0.6) is 5.75 Å². The van der Waals surface area contributed by atoms with Crippen molar-refractivity contribution in [2.24, 2.45) is 0 Å². The molecule has 0 radical (unpaired) electrons. The van der Waals surface area contributed by atoms with Crippen molar-refractivity contribution in [3.8, 4) is 5.75 Å². The van der Waals surface area contributed by atoms with Gasteiger partial charge in [0.05, 0.1) is 4.90 Å². The van der Waals surface area contributed by atoms with Crippen molar-refractivity contribution in [2.45, 2.75) is 24.8 Å². The zero-order valence-electron chi connectivity index (χ0n) is 18.6. The molecule has 1 saturated heterocycles. The molecule has 170 valence electrons. The monoisotopic (exact) mass is 454 g/mol. The molecule has 0 aromatic heterocycles. The maximum Gasteiger partial charge on any atom is 0.243 e. The molecule has 1 fully saturated rings. The molecule has 0 aliphatic carbocycles. The lowest BCUT2D eigenvalue weighted by Crippen LogP contribution is -2.50. The predicted octanol–water partition coefficient (Wildman–Crippen LogP) is 3.20. The van der Waals surface area contributed by atoms with Crippen LogP contribution in [0.25, 0.3) is 10.8 Å². The number of hydrogen-bond donors (Lipinski definition) is 1. The Hall–Kier alpha value is -2.45. The van der Waals surface area contributed by atoms with Crippen LogP contribution in [0.2, 0.25) is 0 Å². The number of hydrogen-bond acceptors (Lipinski definition) is 5. The summed E-state index contributed by atoms with van der Waals surface area (Å²) in [6.07, 6.45) is -0.649. The number of piperazine rings is 1. The number of aliphatic hydroxyl groups is 1. The summed E-state index contributed by atoms with van der Waals surface area (Å²) in [6.45, 7) is 6.42. The highest BCUT2D eigenvalue weighted by atomic mass is 32.2. The second-order valence-corrected chi connectivity index (χ2v) is 10.4. The van der Waals surface area contributed by atoms with Gasteiger partial charge in [-0.05, 0) is 48.4 Å². The summed E-state index contributed by atoms with van der Waals surface area (Å²) in [5.41, 5.74) is 1.82. The molecule has 1 N–H and O–H groups in total. The summed E-state index contributed by atoms with van der Waals surface area (Å²) >= 11 is 0. The lowest BCUT2D eigenvalue weighted by Gasteiger charge is -2.35. The van der Waals surface area contributed by atoms with E-state index < -0.39 is 16.1 Å². The van der Waals surface area contributed by atoms with Crippen molar-refractivity contribution in [2.75, 3.05) is 39.3 Å². The van der Waals surface area contributed by atoms with E-state index in [9.17, 15) is 13.5 Å². The minimum absolute atomic E-state index is 0.194. The van der Waals surface area contributed by atoms with E-state index in [0.29, 0.717) is 37.6 Å². The van der Waals surface area contributed by atoms with E-state index in [-0.39, 0.29) is 6.61 Å². The van der Waals surface area contributed by atoms with Gasteiger partial charge in [0, 0.05) is 32.7 Å². The van der Waals surface area contributed by atoms with Crippen molar-refractivity contribution in [3.05, 3.63) is 71.8 Å². The maximum atomic E-state index is 13.0. The van der Waals surface area contributed by atoms with Gasteiger partial charge in [0.2, 0.25) is 10.0 Å². The van der Waals surface area contributed by atoms with Crippen LogP contribution >= 0.6 is 0 Å². The Labute approximate surface area is 190 Å². The van der Waals surface area contributed by atoms with Gasteiger partial charge in [-0.15, -0.1) is 0 Å². The maximum absolute atomic E-state index is 13.0. The third-order valence-corrected chi connectivity index (χ3v) is 7.97. The van der Waals surface area contributed by atoms with Crippen molar-refractivity contribution in [3.63, 3.8) is 0 Å². The van der Waals surface area contributed by atoms with Gasteiger partial charge in [-0.3, -0.25) is 4.90 Å². The quantitative estimate of drug-likeness (QED) is 0.594. The van der Waals surface area contributed by atoms with Gasteiger partial charge in [0.15, 0.2) is 0 Å². The molecule has 0 amide bonds.